The number of carbonyl (C=O) groups excluding carboxylic acids is 1. The molecule has 0 aliphatic rings. The molecule has 0 aliphatic carbocycles. The third kappa shape index (κ3) is 2.67. The van der Waals surface area contributed by atoms with Crippen molar-refractivity contribution in [3.63, 3.8) is 0 Å². The third-order valence-corrected chi connectivity index (χ3v) is 4.30. The van der Waals surface area contributed by atoms with E-state index in [1.807, 2.05) is 26.0 Å². The Morgan fingerprint density at radius 1 is 1.16 bits per heavy atom. The number of benzene rings is 2. The van der Waals surface area contributed by atoms with Gasteiger partial charge in [0.15, 0.2) is 5.78 Å². The lowest BCUT2D eigenvalue weighted by Crippen LogP contribution is -2.05. The fourth-order valence-electron chi connectivity index (χ4n) is 1.83. The molecule has 2 aromatic rings. The van der Waals surface area contributed by atoms with E-state index < -0.39 is 0 Å². The van der Waals surface area contributed by atoms with Crippen molar-refractivity contribution in [2.24, 2.45) is 0 Å². The van der Waals surface area contributed by atoms with Gasteiger partial charge < -0.3 is 5.73 Å². The quantitative estimate of drug-likeness (QED) is 0.645. The molecule has 0 saturated heterocycles. The zero-order valence-electron chi connectivity index (χ0n) is 10.6. The summed E-state index contributed by atoms with van der Waals surface area (Å²) < 4.78 is 0.606. The molecule has 2 nitrogen and oxygen atoms in total. The van der Waals surface area contributed by atoms with E-state index in [4.69, 9.17) is 17.3 Å². The molecule has 0 saturated carbocycles. The summed E-state index contributed by atoms with van der Waals surface area (Å²) >= 11 is 9.52. The molecule has 0 aliphatic heterocycles. The number of halogens is 2. The highest BCUT2D eigenvalue weighted by molar-refractivity contribution is 9.10. The lowest BCUT2D eigenvalue weighted by atomic mass is 9.99. The minimum Gasteiger partial charge on any atom is -0.398 e. The van der Waals surface area contributed by atoms with E-state index in [-0.39, 0.29) is 5.78 Å². The topological polar surface area (TPSA) is 43.1 Å². The van der Waals surface area contributed by atoms with E-state index in [9.17, 15) is 4.79 Å². The van der Waals surface area contributed by atoms with E-state index in [2.05, 4.69) is 15.9 Å². The Bertz CT molecular complexity index is 667. The van der Waals surface area contributed by atoms with Crippen LogP contribution in [0.15, 0.2) is 34.8 Å². The molecule has 0 bridgehead atoms. The molecule has 2 aromatic carbocycles. The van der Waals surface area contributed by atoms with Crippen molar-refractivity contribution in [2.45, 2.75) is 13.8 Å². The van der Waals surface area contributed by atoms with Gasteiger partial charge in [0.05, 0.1) is 9.50 Å². The maximum absolute atomic E-state index is 12.5. The van der Waals surface area contributed by atoms with Gasteiger partial charge >= 0.3 is 0 Å². The van der Waals surface area contributed by atoms with Crippen LogP contribution in [0.4, 0.5) is 5.69 Å². The first kappa shape index (κ1) is 14.1. The van der Waals surface area contributed by atoms with Gasteiger partial charge in [-0.2, -0.15) is 0 Å². The molecule has 2 N–H and O–H groups in total. The van der Waals surface area contributed by atoms with Crippen LogP contribution in [0.3, 0.4) is 0 Å². The summed E-state index contributed by atoms with van der Waals surface area (Å²) in [5, 5.41) is 0.461. The molecule has 0 fully saturated rings. The normalized spacial score (nSPS) is 10.5. The SMILES string of the molecule is Cc1cc(Cl)c(C(=O)c2cccc(N)c2Br)cc1C. The van der Waals surface area contributed by atoms with Crippen molar-refractivity contribution in [2.75, 3.05) is 5.73 Å². The summed E-state index contributed by atoms with van der Waals surface area (Å²) in [6.45, 7) is 3.92. The van der Waals surface area contributed by atoms with Crippen LogP contribution >= 0.6 is 27.5 Å². The second-order valence-electron chi connectivity index (χ2n) is 4.45. The Kier molecular flexibility index (Phi) is 3.97. The zero-order chi connectivity index (χ0) is 14.2. The van der Waals surface area contributed by atoms with Crippen molar-refractivity contribution in [3.05, 3.63) is 62.1 Å². The van der Waals surface area contributed by atoms with Crippen LogP contribution in [0.25, 0.3) is 0 Å². The van der Waals surface area contributed by atoms with Crippen molar-refractivity contribution in [1.82, 2.24) is 0 Å². The van der Waals surface area contributed by atoms with Crippen LogP contribution in [-0.4, -0.2) is 5.78 Å². The number of aryl methyl sites for hydroxylation is 2. The van der Waals surface area contributed by atoms with Crippen molar-refractivity contribution in [3.8, 4) is 0 Å². The Morgan fingerprint density at radius 2 is 1.79 bits per heavy atom. The van der Waals surface area contributed by atoms with Gasteiger partial charge in [0, 0.05) is 16.8 Å². The average Bonchev–Trinajstić information content (AvgIpc) is 2.36. The number of hydrogen-bond acceptors (Lipinski definition) is 2. The molecule has 19 heavy (non-hydrogen) atoms. The summed E-state index contributed by atoms with van der Waals surface area (Å²) in [5.41, 5.74) is 9.44. The van der Waals surface area contributed by atoms with Gasteiger partial charge in [-0.1, -0.05) is 17.7 Å². The maximum Gasteiger partial charge on any atom is 0.195 e. The summed E-state index contributed by atoms with van der Waals surface area (Å²) in [6.07, 6.45) is 0. The molecule has 0 heterocycles. The van der Waals surface area contributed by atoms with Crippen molar-refractivity contribution in [1.29, 1.82) is 0 Å². The van der Waals surface area contributed by atoms with Gasteiger partial charge in [0.2, 0.25) is 0 Å². The van der Waals surface area contributed by atoms with E-state index in [0.29, 0.717) is 26.3 Å². The van der Waals surface area contributed by atoms with Crippen LogP contribution < -0.4 is 5.73 Å². The molecule has 4 heteroatoms. The first-order chi connectivity index (χ1) is 8.91. The highest BCUT2D eigenvalue weighted by Gasteiger charge is 2.17. The molecule has 0 spiro atoms. The highest BCUT2D eigenvalue weighted by Crippen LogP contribution is 2.29. The van der Waals surface area contributed by atoms with Crippen LogP contribution in [0.5, 0.6) is 0 Å². The Labute approximate surface area is 125 Å². The Morgan fingerprint density at radius 3 is 2.47 bits per heavy atom. The number of anilines is 1. The first-order valence-electron chi connectivity index (χ1n) is 5.77. The van der Waals surface area contributed by atoms with E-state index in [1.54, 1.807) is 18.2 Å². The minimum atomic E-state index is -0.132. The van der Waals surface area contributed by atoms with Crippen LogP contribution in [0, 0.1) is 13.8 Å². The molecule has 0 radical (unpaired) electrons. The van der Waals surface area contributed by atoms with Crippen LogP contribution in [0.1, 0.15) is 27.0 Å². The van der Waals surface area contributed by atoms with Crippen LogP contribution in [-0.2, 0) is 0 Å². The number of carbonyl (C=O) groups is 1. The molecular formula is C15H13BrClNO. The number of ketones is 1. The minimum absolute atomic E-state index is 0.132. The zero-order valence-corrected chi connectivity index (χ0v) is 13.0. The van der Waals surface area contributed by atoms with Crippen LogP contribution in [0.2, 0.25) is 5.02 Å². The van der Waals surface area contributed by atoms with Gasteiger partial charge in [-0.3, -0.25) is 4.79 Å². The van der Waals surface area contributed by atoms with Gasteiger partial charge in [-0.15, -0.1) is 0 Å². The summed E-state index contributed by atoms with van der Waals surface area (Å²) in [5.74, 6) is -0.132. The number of nitrogens with two attached hydrogens (primary N) is 1. The largest absolute Gasteiger partial charge is 0.398 e. The highest BCUT2D eigenvalue weighted by atomic mass is 79.9. The average molecular weight is 339 g/mol. The first-order valence-corrected chi connectivity index (χ1v) is 6.94. The van der Waals surface area contributed by atoms with Gasteiger partial charge in [0.25, 0.3) is 0 Å². The number of nitrogen functional groups attached to an aromatic ring is 1. The molecule has 0 aromatic heterocycles. The fourth-order valence-corrected chi connectivity index (χ4v) is 2.57. The van der Waals surface area contributed by atoms with Crippen molar-refractivity contribution >= 4 is 39.0 Å². The predicted octanol–water partition coefficient (Wildman–Crippen LogP) is 4.53. The van der Waals surface area contributed by atoms with Crippen molar-refractivity contribution < 1.29 is 4.79 Å². The summed E-state index contributed by atoms with van der Waals surface area (Å²) in [7, 11) is 0. The summed E-state index contributed by atoms with van der Waals surface area (Å²) in [6, 6.07) is 8.85. The molecular weight excluding hydrogens is 326 g/mol. The monoisotopic (exact) mass is 337 g/mol. The number of rotatable bonds is 2. The molecule has 98 valence electrons. The van der Waals surface area contributed by atoms with E-state index in [0.717, 1.165) is 11.1 Å². The second-order valence-corrected chi connectivity index (χ2v) is 5.65. The van der Waals surface area contributed by atoms with Gasteiger partial charge in [-0.25, -0.2) is 0 Å². The molecule has 0 unspecified atom stereocenters. The maximum atomic E-state index is 12.5. The Balaban J connectivity index is 2.56. The smallest absolute Gasteiger partial charge is 0.195 e. The summed E-state index contributed by atoms with van der Waals surface area (Å²) in [4.78, 5) is 12.5. The van der Waals surface area contributed by atoms with Gasteiger partial charge in [-0.05, 0) is 65.2 Å². The lowest BCUT2D eigenvalue weighted by molar-refractivity contribution is 0.103. The Hall–Kier alpha value is -1.32. The number of hydrogen-bond donors (Lipinski definition) is 1. The van der Waals surface area contributed by atoms with E-state index >= 15 is 0 Å². The standard InChI is InChI=1S/C15H13BrClNO/c1-8-6-11(12(17)7-9(8)2)15(19)10-4-3-5-13(18)14(10)16/h3-7H,18H2,1-2H3. The molecule has 0 amide bonds. The molecule has 0 atom stereocenters. The predicted molar refractivity (Wildman–Crippen MR) is 82.9 cm³/mol. The third-order valence-electron chi connectivity index (χ3n) is 3.10. The second kappa shape index (κ2) is 5.35. The van der Waals surface area contributed by atoms with E-state index in [1.165, 1.54) is 0 Å². The fraction of sp³-hybridized carbons (Fsp3) is 0.133. The lowest BCUT2D eigenvalue weighted by Gasteiger charge is -2.10. The molecule has 2 rings (SSSR count). The van der Waals surface area contributed by atoms with Gasteiger partial charge in [0.1, 0.15) is 0 Å².